The topological polar surface area (TPSA) is 62.4 Å². The first kappa shape index (κ1) is 18.1. The molecule has 1 unspecified atom stereocenters. The van der Waals surface area contributed by atoms with Gasteiger partial charge >= 0.3 is 0 Å². The number of guanidine groups is 1. The van der Waals surface area contributed by atoms with Crippen LogP contribution < -0.4 is 10.6 Å². The van der Waals surface area contributed by atoms with E-state index in [0.717, 1.165) is 25.6 Å². The molecule has 0 aromatic carbocycles. The maximum absolute atomic E-state index is 4.75. The van der Waals surface area contributed by atoms with Crippen molar-refractivity contribution in [1.29, 1.82) is 0 Å². The number of hydrogen-bond acceptors (Lipinski definition) is 3. The number of aromatic nitrogens is 3. The van der Waals surface area contributed by atoms with Crippen molar-refractivity contribution >= 4 is 5.96 Å². The van der Waals surface area contributed by atoms with E-state index in [9.17, 15) is 0 Å². The predicted octanol–water partition coefficient (Wildman–Crippen LogP) is 1.08. The van der Waals surface area contributed by atoms with Crippen LogP contribution in [0.3, 0.4) is 0 Å². The quantitative estimate of drug-likeness (QED) is 0.561. The molecule has 2 aromatic heterocycles. The molecule has 0 aliphatic carbocycles. The van der Waals surface area contributed by atoms with Crippen molar-refractivity contribution in [1.82, 2.24) is 29.9 Å². The molecule has 2 rings (SSSR count). The molecule has 0 aliphatic rings. The lowest BCUT2D eigenvalue weighted by atomic mass is 10.1. The summed E-state index contributed by atoms with van der Waals surface area (Å²) in [6.45, 7) is 5.34. The fraction of sp³-hybridized carbons (Fsp3) is 0.529. The Balaban J connectivity index is 1.94. The number of aryl methyl sites for hydroxylation is 1. The van der Waals surface area contributed by atoms with E-state index in [1.54, 1.807) is 0 Å². The second-order valence-corrected chi connectivity index (χ2v) is 5.99. The number of rotatable bonds is 8. The van der Waals surface area contributed by atoms with Gasteiger partial charge < -0.3 is 20.1 Å². The minimum Gasteiger partial charge on any atom is -0.357 e. The number of aliphatic imine (C=N–C) groups is 1. The largest absolute Gasteiger partial charge is 0.357 e. The minimum atomic E-state index is 0.207. The minimum absolute atomic E-state index is 0.207. The van der Waals surface area contributed by atoms with E-state index in [1.165, 1.54) is 5.56 Å². The summed E-state index contributed by atoms with van der Waals surface area (Å²) in [6, 6.07) is 4.28. The van der Waals surface area contributed by atoms with Crippen LogP contribution in [0.1, 0.15) is 18.5 Å². The van der Waals surface area contributed by atoms with Crippen molar-refractivity contribution < 1.29 is 0 Å². The van der Waals surface area contributed by atoms with Crippen LogP contribution in [0, 0.1) is 0 Å². The summed E-state index contributed by atoms with van der Waals surface area (Å²) < 4.78 is 3.98. The smallest absolute Gasteiger partial charge is 0.191 e. The van der Waals surface area contributed by atoms with E-state index < -0.39 is 0 Å². The Labute approximate surface area is 144 Å². The molecule has 2 N–H and O–H groups in total. The summed E-state index contributed by atoms with van der Waals surface area (Å²) in [7, 11) is 6.07. The van der Waals surface area contributed by atoms with Crippen LogP contribution in [0.15, 0.2) is 41.9 Å². The highest BCUT2D eigenvalue weighted by molar-refractivity contribution is 5.79. The van der Waals surface area contributed by atoms with E-state index in [-0.39, 0.29) is 6.04 Å². The van der Waals surface area contributed by atoms with Crippen LogP contribution in [0.25, 0.3) is 0 Å². The molecular weight excluding hydrogens is 302 g/mol. The maximum Gasteiger partial charge on any atom is 0.191 e. The molecule has 2 heterocycles. The standard InChI is InChI=1S/C17H29N7/c1-5-18-17(19-8-11-24-9-6-7-10-24)20-13-16(22(2)3)15-12-21-23(4)14-15/h6-7,9-10,12,14,16H,5,8,11,13H2,1-4H3,(H2,18,19,20). The van der Waals surface area contributed by atoms with Crippen LogP contribution in [-0.2, 0) is 13.6 Å². The van der Waals surface area contributed by atoms with Gasteiger partial charge in [-0.25, -0.2) is 0 Å². The predicted molar refractivity (Wildman–Crippen MR) is 98.0 cm³/mol. The molecule has 24 heavy (non-hydrogen) atoms. The molecule has 2 aromatic rings. The van der Waals surface area contributed by atoms with Crippen molar-refractivity contribution in [3.8, 4) is 0 Å². The van der Waals surface area contributed by atoms with Crippen LogP contribution in [0.4, 0.5) is 0 Å². The summed E-state index contributed by atoms with van der Waals surface area (Å²) in [4.78, 5) is 6.92. The summed E-state index contributed by atoms with van der Waals surface area (Å²) in [5, 5.41) is 11.0. The second-order valence-electron chi connectivity index (χ2n) is 5.99. The fourth-order valence-corrected chi connectivity index (χ4v) is 2.52. The van der Waals surface area contributed by atoms with Crippen molar-refractivity contribution in [2.75, 3.05) is 33.7 Å². The van der Waals surface area contributed by atoms with Gasteiger partial charge in [0.1, 0.15) is 0 Å². The third kappa shape index (κ3) is 5.42. The monoisotopic (exact) mass is 331 g/mol. The molecule has 0 spiro atoms. The van der Waals surface area contributed by atoms with Gasteiger partial charge in [-0.15, -0.1) is 0 Å². The van der Waals surface area contributed by atoms with Crippen molar-refractivity contribution in [2.45, 2.75) is 19.5 Å². The average Bonchev–Trinajstić information content (AvgIpc) is 3.19. The third-order valence-corrected chi connectivity index (χ3v) is 3.83. The summed E-state index contributed by atoms with van der Waals surface area (Å²) in [5.74, 6) is 0.848. The normalized spacial score (nSPS) is 13.3. The van der Waals surface area contributed by atoms with E-state index in [0.29, 0.717) is 6.54 Å². The van der Waals surface area contributed by atoms with Crippen LogP contribution in [0.2, 0.25) is 0 Å². The lowest BCUT2D eigenvalue weighted by molar-refractivity contribution is 0.306. The highest BCUT2D eigenvalue weighted by atomic mass is 15.3. The molecule has 7 heteroatoms. The first-order chi connectivity index (χ1) is 11.6. The zero-order chi connectivity index (χ0) is 17.4. The van der Waals surface area contributed by atoms with Gasteiger partial charge in [-0.3, -0.25) is 9.67 Å². The Morgan fingerprint density at radius 1 is 1.29 bits per heavy atom. The van der Waals surface area contributed by atoms with Crippen molar-refractivity contribution in [2.24, 2.45) is 12.0 Å². The molecule has 132 valence electrons. The number of nitrogens with one attached hydrogen (secondary N) is 2. The first-order valence-corrected chi connectivity index (χ1v) is 8.38. The molecule has 7 nitrogen and oxygen atoms in total. The van der Waals surface area contributed by atoms with Crippen LogP contribution >= 0.6 is 0 Å². The molecule has 0 radical (unpaired) electrons. The molecule has 0 bridgehead atoms. The van der Waals surface area contributed by atoms with Gasteiger partial charge in [-0.1, -0.05) is 0 Å². The van der Waals surface area contributed by atoms with Gasteiger partial charge in [0.15, 0.2) is 5.96 Å². The molecule has 0 saturated heterocycles. The summed E-state index contributed by atoms with van der Waals surface area (Å²) in [6.07, 6.45) is 8.09. The van der Waals surface area contributed by atoms with E-state index in [4.69, 9.17) is 4.99 Å². The highest BCUT2D eigenvalue weighted by Crippen LogP contribution is 2.17. The highest BCUT2D eigenvalue weighted by Gasteiger charge is 2.15. The van der Waals surface area contributed by atoms with E-state index >= 15 is 0 Å². The van der Waals surface area contributed by atoms with Crippen LogP contribution in [-0.4, -0.2) is 58.9 Å². The number of nitrogens with zero attached hydrogens (tertiary/aromatic N) is 5. The summed E-state index contributed by atoms with van der Waals surface area (Å²) >= 11 is 0. The lowest BCUT2D eigenvalue weighted by Crippen LogP contribution is -2.39. The maximum atomic E-state index is 4.75. The Kier molecular flexibility index (Phi) is 6.87. The second kappa shape index (κ2) is 9.12. The first-order valence-electron chi connectivity index (χ1n) is 8.38. The number of likely N-dealkylation sites (N-methyl/N-ethyl adjacent to an activating group) is 1. The Hall–Kier alpha value is -2.28. The van der Waals surface area contributed by atoms with Gasteiger partial charge in [0.05, 0.1) is 18.8 Å². The average molecular weight is 331 g/mol. The molecule has 0 aliphatic heterocycles. The molecule has 0 amide bonds. The van der Waals surface area contributed by atoms with Crippen LogP contribution in [0.5, 0.6) is 0 Å². The number of hydrogen-bond donors (Lipinski definition) is 2. The zero-order valence-corrected chi connectivity index (χ0v) is 15.1. The molecule has 0 fully saturated rings. The SMILES string of the molecule is CCNC(=NCC(c1cnn(C)c1)N(C)C)NCCn1cccc1. The van der Waals surface area contributed by atoms with Gasteiger partial charge in [-0.05, 0) is 33.2 Å². The van der Waals surface area contributed by atoms with E-state index in [2.05, 4.69) is 58.6 Å². The van der Waals surface area contributed by atoms with Crippen molar-refractivity contribution in [3.05, 3.63) is 42.5 Å². The Morgan fingerprint density at radius 2 is 2.04 bits per heavy atom. The summed E-state index contributed by atoms with van der Waals surface area (Å²) in [5.41, 5.74) is 1.18. The Bertz CT molecular complexity index is 613. The lowest BCUT2D eigenvalue weighted by Gasteiger charge is -2.22. The zero-order valence-electron chi connectivity index (χ0n) is 15.1. The van der Waals surface area contributed by atoms with Gasteiger partial charge in [0.2, 0.25) is 0 Å². The van der Waals surface area contributed by atoms with E-state index in [1.807, 2.05) is 36.3 Å². The molecular formula is C17H29N7. The fourth-order valence-electron chi connectivity index (χ4n) is 2.52. The third-order valence-electron chi connectivity index (χ3n) is 3.83. The molecule has 1 atom stereocenters. The van der Waals surface area contributed by atoms with Gasteiger partial charge in [-0.2, -0.15) is 5.10 Å². The van der Waals surface area contributed by atoms with Gasteiger partial charge in [0, 0.05) is 50.8 Å². The molecule has 0 saturated carbocycles. The Morgan fingerprint density at radius 3 is 2.62 bits per heavy atom. The van der Waals surface area contributed by atoms with Gasteiger partial charge in [0.25, 0.3) is 0 Å². The van der Waals surface area contributed by atoms with Crippen molar-refractivity contribution in [3.63, 3.8) is 0 Å².